The van der Waals surface area contributed by atoms with E-state index in [2.05, 4.69) is 126 Å². The number of nitrogens with two attached hydrogens (primary N) is 1. The highest BCUT2D eigenvalue weighted by molar-refractivity contribution is 7.25. The summed E-state index contributed by atoms with van der Waals surface area (Å²) in [6, 6.07) is 63.6. The summed E-state index contributed by atoms with van der Waals surface area (Å²) in [5.74, 6) is 0.962. The van der Waals surface area contributed by atoms with Crippen LogP contribution in [-0.2, 0) is 6.54 Å². The van der Waals surface area contributed by atoms with Gasteiger partial charge in [-0.2, -0.15) is 0 Å². The van der Waals surface area contributed by atoms with Gasteiger partial charge in [-0.05, 0) is 71.3 Å². The molecular weight excluding hydrogens is 717 g/mol. The van der Waals surface area contributed by atoms with Crippen LogP contribution < -0.4 is 5.73 Å². The molecule has 5 nitrogen and oxygen atoms in total. The summed E-state index contributed by atoms with van der Waals surface area (Å²) < 4.78 is 11.6. The topological polar surface area (TPSA) is 68.8 Å². The van der Waals surface area contributed by atoms with Crippen molar-refractivity contribution < 1.29 is 4.42 Å². The highest BCUT2D eigenvalue weighted by Gasteiger charge is 2.19. The van der Waals surface area contributed by atoms with Crippen LogP contribution >= 0.6 is 11.3 Å². The molecule has 0 saturated heterocycles. The maximum atomic E-state index is 6.61. The van der Waals surface area contributed by atoms with E-state index in [9.17, 15) is 0 Å². The van der Waals surface area contributed by atoms with Crippen LogP contribution in [0.5, 0.6) is 0 Å². The Morgan fingerprint density at radius 1 is 0.544 bits per heavy atom. The standard InChI is InChI=1S/C51H34N4OS/c52-50(33-15-5-2-6-16-33)54-51(53-31-32-13-3-1-4-14-32)35-25-27-39-45(30-35)56-44-23-11-19-36(48(39)44)34-26-28-46-40(29-34)49-43(22-12-24-47(49)57-46)55-41-20-9-7-17-37(41)38-18-8-10-21-42(38)55/h1-30H,31H2,(H2,52,53,54). The molecule has 0 amide bonds. The first-order valence-electron chi connectivity index (χ1n) is 19.1. The summed E-state index contributed by atoms with van der Waals surface area (Å²) in [4.78, 5) is 9.84. The van der Waals surface area contributed by atoms with Crippen molar-refractivity contribution in [1.29, 1.82) is 0 Å². The lowest BCUT2D eigenvalue weighted by Gasteiger charge is -2.11. The molecule has 0 aliphatic heterocycles. The van der Waals surface area contributed by atoms with Gasteiger partial charge in [-0.15, -0.1) is 11.3 Å². The van der Waals surface area contributed by atoms with Crippen LogP contribution in [0.3, 0.4) is 0 Å². The van der Waals surface area contributed by atoms with Gasteiger partial charge in [0.2, 0.25) is 0 Å². The van der Waals surface area contributed by atoms with Crippen molar-refractivity contribution >= 4 is 86.9 Å². The van der Waals surface area contributed by atoms with Gasteiger partial charge in [0, 0.05) is 52.8 Å². The fourth-order valence-corrected chi connectivity index (χ4v) is 9.38. The molecule has 0 saturated carbocycles. The Bertz CT molecular complexity index is 3340. The molecule has 0 atom stereocenters. The average molecular weight is 751 g/mol. The number of amidine groups is 2. The Morgan fingerprint density at radius 3 is 2.05 bits per heavy atom. The molecule has 0 aliphatic carbocycles. The lowest BCUT2D eigenvalue weighted by Crippen LogP contribution is -2.16. The number of hydrogen-bond acceptors (Lipinski definition) is 3. The molecule has 0 bridgehead atoms. The van der Waals surface area contributed by atoms with E-state index in [0.717, 1.165) is 49.8 Å². The van der Waals surface area contributed by atoms with E-state index in [1.807, 2.05) is 72.0 Å². The molecule has 11 rings (SSSR count). The molecule has 11 aromatic rings. The van der Waals surface area contributed by atoms with Crippen LogP contribution in [0.1, 0.15) is 16.7 Å². The van der Waals surface area contributed by atoms with E-state index < -0.39 is 0 Å². The van der Waals surface area contributed by atoms with Gasteiger partial charge in [0.25, 0.3) is 0 Å². The number of aromatic nitrogens is 1. The van der Waals surface area contributed by atoms with Crippen LogP contribution in [0.25, 0.3) is 80.7 Å². The second-order valence-electron chi connectivity index (χ2n) is 14.3. The summed E-state index contributed by atoms with van der Waals surface area (Å²) in [6.45, 7) is 0.475. The van der Waals surface area contributed by atoms with Crippen molar-refractivity contribution in [2.24, 2.45) is 15.7 Å². The summed E-state index contributed by atoms with van der Waals surface area (Å²) in [5.41, 5.74) is 16.8. The summed E-state index contributed by atoms with van der Waals surface area (Å²) in [5, 5.41) is 7.13. The Labute approximate surface area is 332 Å². The predicted octanol–water partition coefficient (Wildman–Crippen LogP) is 13.1. The van der Waals surface area contributed by atoms with Gasteiger partial charge in [-0.25, -0.2) is 4.99 Å². The van der Waals surface area contributed by atoms with Gasteiger partial charge in [0.1, 0.15) is 17.0 Å². The Kier molecular flexibility index (Phi) is 7.83. The lowest BCUT2D eigenvalue weighted by molar-refractivity contribution is 0.669. The number of para-hydroxylation sites is 2. The largest absolute Gasteiger partial charge is 0.456 e. The molecule has 0 fully saturated rings. The molecule has 3 heterocycles. The summed E-state index contributed by atoms with van der Waals surface area (Å²) in [7, 11) is 0. The number of rotatable bonds is 6. The van der Waals surface area contributed by atoms with E-state index in [0.29, 0.717) is 18.2 Å². The van der Waals surface area contributed by atoms with E-state index in [4.69, 9.17) is 20.1 Å². The molecule has 0 spiro atoms. The molecule has 0 radical (unpaired) electrons. The van der Waals surface area contributed by atoms with Crippen molar-refractivity contribution in [2.45, 2.75) is 6.54 Å². The van der Waals surface area contributed by atoms with Crippen LogP contribution in [0.4, 0.5) is 0 Å². The van der Waals surface area contributed by atoms with Crippen molar-refractivity contribution in [2.75, 3.05) is 0 Å². The zero-order valence-corrected chi connectivity index (χ0v) is 31.6. The molecule has 3 aromatic heterocycles. The maximum absolute atomic E-state index is 6.61. The van der Waals surface area contributed by atoms with Gasteiger partial charge in [-0.3, -0.25) is 4.99 Å². The molecule has 8 aromatic carbocycles. The van der Waals surface area contributed by atoms with Crippen molar-refractivity contribution in [3.05, 3.63) is 199 Å². The third-order valence-electron chi connectivity index (χ3n) is 10.9. The number of thiophene rings is 1. The number of benzene rings is 8. The molecule has 270 valence electrons. The van der Waals surface area contributed by atoms with E-state index in [1.54, 1.807) is 0 Å². The van der Waals surface area contributed by atoms with E-state index in [1.165, 1.54) is 47.7 Å². The third kappa shape index (κ3) is 5.61. The first-order valence-corrected chi connectivity index (χ1v) is 19.9. The van der Waals surface area contributed by atoms with Gasteiger partial charge in [-0.1, -0.05) is 127 Å². The normalized spacial score (nSPS) is 12.6. The Morgan fingerprint density at radius 2 is 1.26 bits per heavy atom. The third-order valence-corrected chi connectivity index (χ3v) is 12.0. The van der Waals surface area contributed by atoms with Crippen molar-refractivity contribution in [3.8, 4) is 16.8 Å². The van der Waals surface area contributed by atoms with E-state index in [-0.39, 0.29) is 0 Å². The number of hydrogen-bond donors (Lipinski definition) is 1. The fourth-order valence-electron chi connectivity index (χ4n) is 8.28. The van der Waals surface area contributed by atoms with Crippen molar-refractivity contribution in [1.82, 2.24) is 4.57 Å². The SMILES string of the molecule is N/C(=N\C(=N/Cc1ccccc1)c1ccc2c(c1)oc1cccc(-c3ccc4sc5cccc(-n6c7ccccc7c7ccccc76)c5c4c3)c12)c1ccccc1. The average Bonchev–Trinajstić information content (AvgIpc) is 3.95. The van der Waals surface area contributed by atoms with Gasteiger partial charge < -0.3 is 14.7 Å². The number of aliphatic imine (C=N–C) groups is 2. The molecule has 2 N–H and O–H groups in total. The smallest absolute Gasteiger partial charge is 0.157 e. The predicted molar refractivity (Wildman–Crippen MR) is 240 cm³/mol. The van der Waals surface area contributed by atoms with Crippen molar-refractivity contribution in [3.63, 3.8) is 0 Å². The minimum absolute atomic E-state index is 0.409. The van der Waals surface area contributed by atoms with E-state index >= 15 is 0 Å². The number of nitrogens with zero attached hydrogens (tertiary/aromatic N) is 3. The van der Waals surface area contributed by atoms with Crippen LogP contribution in [0.2, 0.25) is 0 Å². The highest BCUT2D eigenvalue weighted by Crippen LogP contribution is 2.44. The van der Waals surface area contributed by atoms with Gasteiger partial charge >= 0.3 is 0 Å². The number of fused-ring (bicyclic) bond motifs is 9. The summed E-state index contributed by atoms with van der Waals surface area (Å²) in [6.07, 6.45) is 0. The molecule has 0 unspecified atom stereocenters. The molecule has 0 aliphatic rings. The summed E-state index contributed by atoms with van der Waals surface area (Å²) >= 11 is 1.84. The molecular formula is C51H34N4OS. The molecule has 6 heteroatoms. The highest BCUT2D eigenvalue weighted by atomic mass is 32.1. The first kappa shape index (κ1) is 33.1. The van der Waals surface area contributed by atoms with Crippen LogP contribution in [0, 0.1) is 0 Å². The van der Waals surface area contributed by atoms with Crippen LogP contribution in [0.15, 0.2) is 196 Å². The monoisotopic (exact) mass is 750 g/mol. The lowest BCUT2D eigenvalue weighted by atomic mass is 9.97. The fraction of sp³-hybridized carbons (Fsp3) is 0.0196. The minimum atomic E-state index is 0.409. The van der Waals surface area contributed by atoms with Gasteiger partial charge in [0.15, 0.2) is 5.84 Å². The van der Waals surface area contributed by atoms with Crippen LogP contribution in [-0.4, -0.2) is 16.2 Å². The second-order valence-corrected chi connectivity index (χ2v) is 15.4. The Balaban J connectivity index is 1.06. The molecule has 57 heavy (non-hydrogen) atoms. The minimum Gasteiger partial charge on any atom is -0.456 e. The zero-order chi connectivity index (χ0) is 37.9. The maximum Gasteiger partial charge on any atom is 0.157 e. The van der Waals surface area contributed by atoms with Gasteiger partial charge in [0.05, 0.1) is 23.3 Å². The Hall–Kier alpha value is -7.28. The first-order chi connectivity index (χ1) is 28.2. The second kappa shape index (κ2) is 13.5. The zero-order valence-electron chi connectivity index (χ0n) is 30.8. The quantitative estimate of drug-likeness (QED) is 0.136. The number of furan rings is 1.